The van der Waals surface area contributed by atoms with Gasteiger partial charge < -0.3 is 9.90 Å². The number of carbonyl (C=O) groups excluding carboxylic acids is 3. The fourth-order valence-electron chi connectivity index (χ4n) is 1.68. The summed E-state index contributed by atoms with van der Waals surface area (Å²) >= 11 is 0. The highest BCUT2D eigenvalue weighted by atomic mass is 16.4. The first-order chi connectivity index (χ1) is 7.50. The maximum absolute atomic E-state index is 11.7. The van der Waals surface area contributed by atoms with Crippen LogP contribution in [0.5, 0.6) is 0 Å². The zero-order chi connectivity index (χ0) is 11.9. The highest BCUT2D eigenvalue weighted by molar-refractivity contribution is 6.22. The van der Waals surface area contributed by atoms with Gasteiger partial charge >= 0.3 is 0 Å². The molecule has 1 aliphatic rings. The Morgan fingerprint density at radius 1 is 1.25 bits per heavy atom. The number of nitrogens with zero attached hydrogens (tertiary/aromatic N) is 1. The summed E-state index contributed by atoms with van der Waals surface area (Å²) in [5.41, 5.74) is 1.35. The minimum absolute atomic E-state index is 0.247. The molecule has 1 aliphatic heterocycles. The number of imide groups is 1. The lowest BCUT2D eigenvalue weighted by Crippen LogP contribution is -2.41. The molecule has 2 rings (SSSR count). The summed E-state index contributed by atoms with van der Waals surface area (Å²) in [5.74, 6) is -2.61. The maximum Gasteiger partial charge on any atom is 0.261 e. The molecule has 0 aromatic heterocycles. The third-order valence-electron chi connectivity index (χ3n) is 2.41. The van der Waals surface area contributed by atoms with Gasteiger partial charge in [0.2, 0.25) is 0 Å². The normalized spacial score (nSPS) is 14.2. The molecule has 1 heterocycles. The van der Waals surface area contributed by atoms with Gasteiger partial charge in [-0.1, -0.05) is 11.6 Å². The van der Waals surface area contributed by atoms with Crippen molar-refractivity contribution in [3.05, 3.63) is 34.9 Å². The van der Waals surface area contributed by atoms with E-state index in [0.717, 1.165) is 5.56 Å². The summed E-state index contributed by atoms with van der Waals surface area (Å²) in [4.78, 5) is 34.5. The van der Waals surface area contributed by atoms with Gasteiger partial charge in [0.1, 0.15) is 0 Å². The van der Waals surface area contributed by atoms with Crippen LogP contribution in [0.4, 0.5) is 0 Å². The second kappa shape index (κ2) is 3.44. The molecule has 5 heteroatoms. The van der Waals surface area contributed by atoms with Crippen molar-refractivity contribution >= 4 is 17.8 Å². The summed E-state index contributed by atoms with van der Waals surface area (Å²) < 4.78 is 0. The molecule has 1 aromatic rings. The molecule has 82 valence electrons. The van der Waals surface area contributed by atoms with Crippen LogP contribution in [0.15, 0.2) is 18.2 Å². The number of aliphatic carboxylic acids is 1. The second-order valence-electron chi connectivity index (χ2n) is 3.62. The Morgan fingerprint density at radius 3 is 2.50 bits per heavy atom. The van der Waals surface area contributed by atoms with E-state index >= 15 is 0 Å². The predicted octanol–water partition coefficient (Wildman–Crippen LogP) is -0.659. The van der Waals surface area contributed by atoms with E-state index in [-0.39, 0.29) is 11.1 Å². The predicted molar refractivity (Wildman–Crippen MR) is 51.6 cm³/mol. The molecule has 1 aromatic carbocycles. The van der Waals surface area contributed by atoms with E-state index in [0.29, 0.717) is 4.90 Å². The van der Waals surface area contributed by atoms with Crippen molar-refractivity contribution in [1.82, 2.24) is 4.90 Å². The number of benzene rings is 1. The Bertz CT molecular complexity index is 507. The lowest BCUT2D eigenvalue weighted by Gasteiger charge is -2.13. The van der Waals surface area contributed by atoms with Crippen LogP contribution < -0.4 is 5.11 Å². The average molecular weight is 218 g/mol. The number of carboxylic acids is 1. The number of hydrogen-bond acceptors (Lipinski definition) is 4. The molecular formula is C11H8NO4-. The van der Waals surface area contributed by atoms with E-state index in [1.54, 1.807) is 19.1 Å². The van der Waals surface area contributed by atoms with Gasteiger partial charge in [0, 0.05) is 0 Å². The van der Waals surface area contributed by atoms with Crippen molar-refractivity contribution in [2.75, 3.05) is 6.54 Å². The number of carbonyl (C=O) groups is 3. The summed E-state index contributed by atoms with van der Waals surface area (Å²) in [7, 11) is 0. The SMILES string of the molecule is Cc1ccc2c(c1)C(=O)N(CC(=O)[O-])C2=O. The zero-order valence-corrected chi connectivity index (χ0v) is 8.52. The number of hydrogen-bond donors (Lipinski definition) is 0. The van der Waals surface area contributed by atoms with Crippen LogP contribution in [-0.4, -0.2) is 29.2 Å². The van der Waals surface area contributed by atoms with Crippen LogP contribution in [0.3, 0.4) is 0 Å². The molecule has 0 fully saturated rings. The van der Waals surface area contributed by atoms with Crippen molar-refractivity contribution in [3.63, 3.8) is 0 Å². The summed E-state index contributed by atoms with van der Waals surface area (Å²) in [6.07, 6.45) is 0. The molecule has 5 nitrogen and oxygen atoms in total. The van der Waals surface area contributed by atoms with Crippen LogP contribution in [0.25, 0.3) is 0 Å². The lowest BCUT2D eigenvalue weighted by molar-refractivity contribution is -0.305. The molecule has 0 aliphatic carbocycles. The smallest absolute Gasteiger partial charge is 0.261 e. The van der Waals surface area contributed by atoms with Crippen molar-refractivity contribution < 1.29 is 19.5 Å². The van der Waals surface area contributed by atoms with Crippen LogP contribution in [0.2, 0.25) is 0 Å². The monoisotopic (exact) mass is 218 g/mol. The second-order valence-corrected chi connectivity index (χ2v) is 3.62. The standard InChI is InChI=1S/C11H9NO4/c1-6-2-3-7-8(4-6)11(16)12(10(7)15)5-9(13)14/h2-4H,5H2,1H3,(H,13,14)/p-1. The largest absolute Gasteiger partial charge is 0.548 e. The highest BCUT2D eigenvalue weighted by Crippen LogP contribution is 2.23. The van der Waals surface area contributed by atoms with Gasteiger partial charge in [-0.3, -0.25) is 14.5 Å². The van der Waals surface area contributed by atoms with Gasteiger partial charge in [-0.15, -0.1) is 0 Å². The first kappa shape index (κ1) is 10.4. The third-order valence-corrected chi connectivity index (χ3v) is 2.41. The van der Waals surface area contributed by atoms with Gasteiger partial charge in [-0.2, -0.15) is 0 Å². The van der Waals surface area contributed by atoms with Crippen LogP contribution >= 0.6 is 0 Å². The van der Waals surface area contributed by atoms with Crippen LogP contribution in [0, 0.1) is 6.92 Å². The van der Waals surface area contributed by atoms with Gasteiger partial charge in [0.15, 0.2) is 0 Å². The van der Waals surface area contributed by atoms with E-state index < -0.39 is 24.3 Å². The molecule has 0 spiro atoms. The fraction of sp³-hybridized carbons (Fsp3) is 0.182. The van der Waals surface area contributed by atoms with Crippen molar-refractivity contribution in [3.8, 4) is 0 Å². The Hall–Kier alpha value is -2.17. The third kappa shape index (κ3) is 1.46. The van der Waals surface area contributed by atoms with Gasteiger partial charge in [-0.25, -0.2) is 0 Å². The van der Waals surface area contributed by atoms with Crippen molar-refractivity contribution in [1.29, 1.82) is 0 Å². The first-order valence-electron chi connectivity index (χ1n) is 4.67. The molecule has 0 atom stereocenters. The van der Waals surface area contributed by atoms with Gasteiger partial charge in [-0.05, 0) is 19.1 Å². The molecule has 0 unspecified atom stereocenters. The number of carboxylic acid groups (broad SMARTS) is 1. The molecule has 0 N–H and O–H groups in total. The van der Waals surface area contributed by atoms with Gasteiger partial charge in [0.05, 0.1) is 23.6 Å². The maximum atomic E-state index is 11.7. The van der Waals surface area contributed by atoms with Crippen molar-refractivity contribution in [2.24, 2.45) is 0 Å². The molecule has 0 saturated heterocycles. The van der Waals surface area contributed by atoms with Crippen LogP contribution in [-0.2, 0) is 4.79 Å². The summed E-state index contributed by atoms with van der Waals surface area (Å²) in [6.45, 7) is 1.09. The average Bonchev–Trinajstić information content (AvgIpc) is 2.43. The Balaban J connectivity index is 2.44. The molecule has 2 amide bonds. The molecule has 16 heavy (non-hydrogen) atoms. The lowest BCUT2D eigenvalue weighted by atomic mass is 10.1. The topological polar surface area (TPSA) is 77.5 Å². The number of rotatable bonds is 2. The number of fused-ring (bicyclic) bond motifs is 1. The summed E-state index contributed by atoms with van der Waals surface area (Å²) in [5, 5.41) is 10.4. The molecule has 0 radical (unpaired) electrons. The zero-order valence-electron chi connectivity index (χ0n) is 8.52. The van der Waals surface area contributed by atoms with Crippen LogP contribution in [0.1, 0.15) is 26.3 Å². The Labute approximate surface area is 91.3 Å². The molecule has 0 bridgehead atoms. The quantitative estimate of drug-likeness (QED) is 0.617. The van der Waals surface area contributed by atoms with E-state index in [4.69, 9.17) is 0 Å². The van der Waals surface area contributed by atoms with E-state index in [9.17, 15) is 19.5 Å². The molecule has 0 saturated carbocycles. The van der Waals surface area contributed by atoms with Gasteiger partial charge in [0.25, 0.3) is 11.8 Å². The minimum Gasteiger partial charge on any atom is -0.548 e. The van der Waals surface area contributed by atoms with E-state index in [2.05, 4.69) is 0 Å². The fourth-order valence-corrected chi connectivity index (χ4v) is 1.68. The van der Waals surface area contributed by atoms with E-state index in [1.165, 1.54) is 6.07 Å². The summed E-state index contributed by atoms with van der Waals surface area (Å²) in [6, 6.07) is 4.80. The Morgan fingerprint density at radius 2 is 1.88 bits per heavy atom. The first-order valence-corrected chi connectivity index (χ1v) is 4.67. The number of amides is 2. The highest BCUT2D eigenvalue weighted by Gasteiger charge is 2.35. The number of aryl methyl sites for hydroxylation is 1. The van der Waals surface area contributed by atoms with E-state index in [1.807, 2.05) is 0 Å². The Kier molecular flexibility index (Phi) is 2.23. The molecular weight excluding hydrogens is 210 g/mol. The minimum atomic E-state index is -1.45. The van der Waals surface area contributed by atoms with Crippen molar-refractivity contribution in [2.45, 2.75) is 6.92 Å².